The molecule has 41 heavy (non-hydrogen) atoms. The van der Waals surface area contributed by atoms with E-state index in [2.05, 4.69) is 155 Å². The van der Waals surface area contributed by atoms with Crippen molar-refractivity contribution in [3.63, 3.8) is 0 Å². The number of aryl methyl sites for hydroxylation is 2. The summed E-state index contributed by atoms with van der Waals surface area (Å²) in [6.07, 6.45) is 5.19. The van der Waals surface area contributed by atoms with Crippen LogP contribution in [-0.4, -0.2) is 14.1 Å². The first-order valence-corrected chi connectivity index (χ1v) is 14.1. The van der Waals surface area contributed by atoms with Gasteiger partial charge in [-0.05, 0) is 47.4 Å². The topological polar surface area (TPSA) is 26.6 Å². The highest BCUT2D eigenvalue weighted by molar-refractivity contribution is 5.87. The van der Waals surface area contributed by atoms with E-state index < -0.39 is 0 Å². The van der Waals surface area contributed by atoms with Gasteiger partial charge in [0.05, 0.1) is 29.3 Å². The normalized spacial score (nSPS) is 12.0. The number of hydrogen-bond acceptors (Lipinski definition) is 1. The van der Waals surface area contributed by atoms with Crippen LogP contribution >= 0.6 is 0 Å². The average molecular weight is 530 g/mol. The molecule has 4 heteroatoms. The Balaban J connectivity index is 1.41. The van der Waals surface area contributed by atoms with Gasteiger partial charge in [-0.1, -0.05) is 97.1 Å². The molecule has 0 saturated heterocycles. The Morgan fingerprint density at radius 2 is 1.37 bits per heavy atom. The van der Waals surface area contributed by atoms with Crippen LogP contribution in [0.5, 0.6) is 0 Å². The first kappa shape index (κ1) is 23.6. The maximum atomic E-state index is 5.02. The Hall–Kier alpha value is -5.22. The second kappa shape index (κ2) is 9.17. The first-order chi connectivity index (χ1) is 20.2. The minimum absolute atomic E-state index is 0.804. The molecular formula is C37H29N4+. The van der Waals surface area contributed by atoms with E-state index in [0.29, 0.717) is 0 Å². The van der Waals surface area contributed by atoms with Crippen LogP contribution in [-0.2, 0) is 13.5 Å². The van der Waals surface area contributed by atoms with E-state index in [-0.39, 0.29) is 0 Å². The molecule has 0 unspecified atom stereocenters. The molecule has 0 N–H and O–H groups in total. The zero-order valence-electron chi connectivity index (χ0n) is 23.1. The van der Waals surface area contributed by atoms with Crippen LogP contribution in [0.25, 0.3) is 56.0 Å². The highest BCUT2D eigenvalue weighted by Gasteiger charge is 2.33. The monoisotopic (exact) mass is 529 g/mol. The molecule has 0 radical (unpaired) electrons. The maximum Gasteiger partial charge on any atom is 0.294 e. The number of nitrogens with zero attached hydrogens (tertiary/aromatic N) is 4. The second-order valence-electron chi connectivity index (χ2n) is 10.8. The summed E-state index contributed by atoms with van der Waals surface area (Å²) in [5.74, 6) is 2.26. The summed E-state index contributed by atoms with van der Waals surface area (Å²) in [6, 6.07) is 41.0. The molecule has 8 rings (SSSR count). The van der Waals surface area contributed by atoms with E-state index in [0.717, 1.165) is 29.1 Å². The Morgan fingerprint density at radius 3 is 2.07 bits per heavy atom. The Bertz CT molecular complexity index is 2020. The van der Waals surface area contributed by atoms with Crippen molar-refractivity contribution < 1.29 is 4.57 Å². The Kier molecular flexibility index (Phi) is 5.29. The van der Waals surface area contributed by atoms with Crippen molar-refractivity contribution >= 4 is 11.0 Å². The molecule has 1 aliphatic rings. The molecular weight excluding hydrogens is 500 g/mol. The lowest BCUT2D eigenvalue weighted by Crippen LogP contribution is -2.30. The fourth-order valence-corrected chi connectivity index (χ4v) is 6.53. The minimum atomic E-state index is 0.804. The van der Waals surface area contributed by atoms with Crippen molar-refractivity contribution in [2.24, 2.45) is 7.05 Å². The molecule has 1 aliphatic heterocycles. The van der Waals surface area contributed by atoms with Crippen LogP contribution in [0.2, 0.25) is 0 Å². The van der Waals surface area contributed by atoms with Crippen molar-refractivity contribution in [3.05, 3.63) is 145 Å². The van der Waals surface area contributed by atoms with Crippen molar-refractivity contribution in [1.82, 2.24) is 14.1 Å². The van der Waals surface area contributed by atoms with Gasteiger partial charge in [-0.25, -0.2) is 9.55 Å². The van der Waals surface area contributed by atoms with E-state index in [1.165, 1.54) is 50.3 Å². The van der Waals surface area contributed by atoms with Gasteiger partial charge in [0.15, 0.2) is 0 Å². The third-order valence-electron chi connectivity index (χ3n) is 8.37. The van der Waals surface area contributed by atoms with E-state index in [4.69, 9.17) is 4.98 Å². The molecule has 0 amide bonds. The fraction of sp³-hybridized carbons (Fsp3) is 0.0811. The molecule has 0 saturated carbocycles. The molecule has 0 fully saturated rings. The van der Waals surface area contributed by atoms with Gasteiger partial charge in [-0.15, -0.1) is 0 Å². The van der Waals surface area contributed by atoms with Gasteiger partial charge in [-0.2, -0.15) is 4.57 Å². The van der Waals surface area contributed by atoms with Crippen LogP contribution in [0.3, 0.4) is 0 Å². The molecule has 196 valence electrons. The molecule has 0 spiro atoms. The van der Waals surface area contributed by atoms with Crippen molar-refractivity contribution in [2.75, 3.05) is 0 Å². The first-order valence-electron chi connectivity index (χ1n) is 14.1. The quantitative estimate of drug-likeness (QED) is 0.213. The van der Waals surface area contributed by atoms with E-state index in [9.17, 15) is 0 Å². The highest BCUT2D eigenvalue weighted by atomic mass is 15.2. The number of rotatable bonds is 4. The molecule has 5 aromatic carbocycles. The molecule has 2 aromatic heterocycles. The zero-order chi connectivity index (χ0) is 27.5. The van der Waals surface area contributed by atoms with Gasteiger partial charge >= 0.3 is 0 Å². The summed E-state index contributed by atoms with van der Waals surface area (Å²) in [4.78, 5) is 5.02. The second-order valence-corrected chi connectivity index (χ2v) is 10.8. The number of fused-ring (bicyclic) bond motifs is 5. The summed E-state index contributed by atoms with van der Waals surface area (Å²) in [7, 11) is 2.15. The summed E-state index contributed by atoms with van der Waals surface area (Å²) < 4.78 is 7.00. The number of aromatic nitrogens is 4. The number of hydrogen-bond donors (Lipinski definition) is 0. The van der Waals surface area contributed by atoms with E-state index in [1.807, 2.05) is 0 Å². The molecule has 4 nitrogen and oxygen atoms in total. The predicted molar refractivity (Wildman–Crippen MR) is 165 cm³/mol. The number of imidazole rings is 2. The van der Waals surface area contributed by atoms with Crippen LogP contribution < -0.4 is 4.57 Å². The Labute approximate surface area is 239 Å². The standard InChI is InChI=1S/C37H29N4/c1-25-20-21-32-30(24-34-38-31-18-9-10-19-33(31)41(32)34)35(25)37-39(2)22-23-40(37)36-28(26-12-5-3-6-13-26)16-11-17-29(36)27-14-7-4-8-15-27/h3-23H,24H2,1-2H3/q+1. The van der Waals surface area contributed by atoms with Crippen LogP contribution in [0.1, 0.15) is 17.0 Å². The third kappa shape index (κ3) is 3.61. The zero-order valence-corrected chi connectivity index (χ0v) is 23.1. The fourth-order valence-electron chi connectivity index (χ4n) is 6.53. The molecule has 0 bridgehead atoms. The Morgan fingerprint density at radius 1 is 0.707 bits per heavy atom. The molecule has 3 heterocycles. The minimum Gasteiger partial charge on any atom is -0.296 e. The predicted octanol–water partition coefficient (Wildman–Crippen LogP) is 7.85. The largest absolute Gasteiger partial charge is 0.296 e. The van der Waals surface area contributed by atoms with E-state index >= 15 is 0 Å². The van der Waals surface area contributed by atoms with Crippen molar-refractivity contribution in [2.45, 2.75) is 13.3 Å². The van der Waals surface area contributed by atoms with Gasteiger partial charge in [0, 0.05) is 17.5 Å². The summed E-state index contributed by atoms with van der Waals surface area (Å²) in [5.41, 5.74) is 13.3. The lowest BCUT2D eigenvalue weighted by atomic mass is 9.94. The number of benzene rings is 5. The SMILES string of the molecule is Cc1ccc2c(c1-c1n(-c3c(-c4ccccc4)cccc3-c3ccccc3)cc[n+]1C)Cc1nc3ccccc3n1-2. The van der Waals surface area contributed by atoms with E-state index in [1.54, 1.807) is 0 Å². The summed E-state index contributed by atoms with van der Waals surface area (Å²) >= 11 is 0. The lowest BCUT2D eigenvalue weighted by molar-refractivity contribution is -0.659. The van der Waals surface area contributed by atoms with Crippen LogP contribution in [0.15, 0.2) is 128 Å². The maximum absolute atomic E-state index is 5.02. The van der Waals surface area contributed by atoms with Gasteiger partial charge in [0.1, 0.15) is 23.9 Å². The smallest absolute Gasteiger partial charge is 0.294 e. The van der Waals surface area contributed by atoms with Crippen LogP contribution in [0, 0.1) is 6.92 Å². The van der Waals surface area contributed by atoms with Gasteiger partial charge in [0.2, 0.25) is 0 Å². The van der Waals surface area contributed by atoms with Gasteiger partial charge < -0.3 is 0 Å². The van der Waals surface area contributed by atoms with Gasteiger partial charge in [0.25, 0.3) is 5.82 Å². The summed E-state index contributed by atoms with van der Waals surface area (Å²) in [6.45, 7) is 2.23. The molecule has 7 aromatic rings. The summed E-state index contributed by atoms with van der Waals surface area (Å²) in [5, 5.41) is 0. The lowest BCUT2D eigenvalue weighted by Gasteiger charge is -2.16. The van der Waals surface area contributed by atoms with Crippen molar-refractivity contribution in [3.8, 4) is 45.0 Å². The third-order valence-corrected chi connectivity index (χ3v) is 8.37. The molecule has 0 atom stereocenters. The van der Waals surface area contributed by atoms with Crippen molar-refractivity contribution in [1.29, 1.82) is 0 Å². The van der Waals surface area contributed by atoms with Crippen LogP contribution in [0.4, 0.5) is 0 Å². The highest BCUT2D eigenvalue weighted by Crippen LogP contribution is 2.42. The number of para-hydroxylation sites is 3. The average Bonchev–Trinajstić information content (AvgIpc) is 3.69. The van der Waals surface area contributed by atoms with Gasteiger partial charge in [-0.3, -0.25) is 4.57 Å². The molecule has 0 aliphatic carbocycles.